The Kier molecular flexibility index (Phi) is 7.26. The molecule has 0 fully saturated rings. The summed E-state index contributed by atoms with van der Waals surface area (Å²) >= 11 is 0. The van der Waals surface area contributed by atoms with Crippen LogP contribution >= 0.6 is 0 Å². The number of hydrogen-bond donors (Lipinski definition) is 4. The molecule has 0 bridgehead atoms. The van der Waals surface area contributed by atoms with Gasteiger partial charge < -0.3 is 25.9 Å². The Hall–Kier alpha value is -3.75. The highest BCUT2D eigenvalue weighted by atomic mass is 16.9. The number of aromatic hydroxyl groups is 2. The number of nitrogen functional groups attached to an aromatic ring is 1. The van der Waals surface area contributed by atoms with Gasteiger partial charge in [0.05, 0.1) is 0 Å². The Labute approximate surface area is 142 Å². The lowest BCUT2D eigenvalue weighted by Gasteiger charge is -2.02. The van der Waals surface area contributed by atoms with Gasteiger partial charge in [-0.15, -0.1) is 10.1 Å². The third kappa shape index (κ3) is 7.37. The summed E-state index contributed by atoms with van der Waals surface area (Å²) in [5.41, 5.74) is 7.13. The summed E-state index contributed by atoms with van der Waals surface area (Å²) in [6.07, 6.45) is 2.27. The number of para-hydroxylation sites is 1. The molecule has 0 aliphatic carbocycles. The standard InChI is InChI=1S/C9H8O4.C7H8N2O3/c10-7-3-1-6(5-8(7)11)2-4-9(12)13;8-7-4-2-1-3-6(7)5-12-9(10)11/h1-5,10-11H,(H,12,13);1-4H,5,8H2. The number of nitrogens with two attached hydrogens (primary N) is 1. The first-order valence-electron chi connectivity index (χ1n) is 6.83. The number of carboxylic acid groups (broad SMARTS) is 1. The highest BCUT2D eigenvalue weighted by Gasteiger charge is 2.00. The summed E-state index contributed by atoms with van der Waals surface area (Å²) in [4.78, 5) is 24.1. The molecule has 0 radical (unpaired) electrons. The summed E-state index contributed by atoms with van der Waals surface area (Å²) in [5.74, 6) is -1.56. The molecule has 9 nitrogen and oxygen atoms in total. The van der Waals surface area contributed by atoms with Crippen LogP contribution in [0, 0.1) is 10.1 Å². The van der Waals surface area contributed by atoms with Crippen molar-refractivity contribution in [2.24, 2.45) is 0 Å². The Morgan fingerprint density at radius 1 is 1.20 bits per heavy atom. The van der Waals surface area contributed by atoms with Gasteiger partial charge in [-0.3, -0.25) is 0 Å². The zero-order valence-corrected chi connectivity index (χ0v) is 12.9. The van der Waals surface area contributed by atoms with Crippen molar-refractivity contribution in [2.45, 2.75) is 6.61 Å². The lowest BCUT2D eigenvalue weighted by atomic mass is 10.2. The molecule has 0 aliphatic rings. The zero-order valence-electron chi connectivity index (χ0n) is 12.9. The van der Waals surface area contributed by atoms with Crippen LogP contribution in [0.3, 0.4) is 0 Å². The maximum atomic E-state index is 10.1. The van der Waals surface area contributed by atoms with E-state index in [0.29, 0.717) is 16.8 Å². The second kappa shape index (κ2) is 9.40. The van der Waals surface area contributed by atoms with Gasteiger partial charge in [-0.2, -0.15) is 0 Å². The highest BCUT2D eigenvalue weighted by molar-refractivity contribution is 5.85. The van der Waals surface area contributed by atoms with Crippen LogP contribution in [-0.2, 0) is 16.2 Å². The fourth-order valence-electron chi connectivity index (χ4n) is 1.60. The predicted octanol–water partition coefficient (Wildman–Crippen LogP) is 2.17. The number of phenols is 2. The number of rotatable bonds is 5. The van der Waals surface area contributed by atoms with E-state index in [4.69, 9.17) is 21.1 Å². The van der Waals surface area contributed by atoms with Crippen molar-refractivity contribution in [3.63, 3.8) is 0 Å². The van der Waals surface area contributed by atoms with Gasteiger partial charge in [-0.25, -0.2) is 4.79 Å². The minimum atomic E-state index is -1.06. The number of phenolic OH excluding ortho intramolecular Hbond substituents is 2. The first-order valence-corrected chi connectivity index (χ1v) is 6.83. The number of nitrogens with zero attached hydrogens (tertiary/aromatic N) is 1. The van der Waals surface area contributed by atoms with Crippen molar-refractivity contribution in [1.82, 2.24) is 0 Å². The fraction of sp³-hybridized carbons (Fsp3) is 0.0625. The summed E-state index contributed by atoms with van der Waals surface area (Å²) in [6, 6.07) is 10.9. The number of hydrogen-bond acceptors (Lipinski definition) is 7. The third-order valence-corrected chi connectivity index (χ3v) is 2.80. The van der Waals surface area contributed by atoms with Crippen molar-refractivity contribution in [3.05, 3.63) is 69.8 Å². The van der Waals surface area contributed by atoms with Crippen LogP contribution in [-0.4, -0.2) is 26.4 Å². The van der Waals surface area contributed by atoms with Crippen molar-refractivity contribution < 1.29 is 30.0 Å². The van der Waals surface area contributed by atoms with Crippen LogP contribution in [0.1, 0.15) is 11.1 Å². The summed E-state index contributed by atoms with van der Waals surface area (Å²) in [5, 5.41) is 35.3. The van der Waals surface area contributed by atoms with E-state index in [2.05, 4.69) is 4.84 Å². The lowest BCUT2D eigenvalue weighted by molar-refractivity contribution is -0.762. The molecule has 132 valence electrons. The predicted molar refractivity (Wildman–Crippen MR) is 89.1 cm³/mol. The number of anilines is 1. The molecule has 0 heterocycles. The number of carboxylic acids is 1. The minimum Gasteiger partial charge on any atom is -0.504 e. The molecule has 0 unspecified atom stereocenters. The largest absolute Gasteiger partial charge is 0.504 e. The van der Waals surface area contributed by atoms with Gasteiger partial charge in [-0.1, -0.05) is 24.3 Å². The fourth-order valence-corrected chi connectivity index (χ4v) is 1.60. The Morgan fingerprint density at radius 3 is 2.44 bits per heavy atom. The molecule has 2 rings (SSSR count). The Morgan fingerprint density at radius 2 is 1.88 bits per heavy atom. The number of carbonyl (C=O) groups is 1. The SMILES string of the molecule is Nc1ccccc1CO[N+](=O)[O-].O=C(O)C=Cc1ccc(O)c(O)c1. The number of benzene rings is 2. The van der Waals surface area contributed by atoms with E-state index in [9.17, 15) is 14.9 Å². The molecular formula is C16H16N2O7. The molecule has 0 saturated carbocycles. The lowest BCUT2D eigenvalue weighted by Crippen LogP contribution is -2.02. The monoisotopic (exact) mass is 348 g/mol. The molecule has 0 spiro atoms. The zero-order chi connectivity index (χ0) is 18.8. The van der Waals surface area contributed by atoms with Crippen LogP contribution in [0.25, 0.3) is 6.08 Å². The summed E-state index contributed by atoms with van der Waals surface area (Å²) < 4.78 is 0. The van der Waals surface area contributed by atoms with E-state index in [0.717, 1.165) is 6.08 Å². The van der Waals surface area contributed by atoms with Gasteiger partial charge in [0.25, 0.3) is 5.09 Å². The summed E-state index contributed by atoms with van der Waals surface area (Å²) in [6.45, 7) is -0.0975. The number of aliphatic carboxylic acids is 1. The van der Waals surface area contributed by atoms with Gasteiger partial charge in [0.2, 0.25) is 0 Å². The van der Waals surface area contributed by atoms with Crippen LogP contribution in [0.5, 0.6) is 11.5 Å². The van der Waals surface area contributed by atoms with E-state index in [1.54, 1.807) is 24.3 Å². The smallest absolute Gasteiger partial charge is 0.328 e. The molecular weight excluding hydrogens is 332 g/mol. The maximum absolute atomic E-state index is 10.1. The maximum Gasteiger partial charge on any atom is 0.328 e. The van der Waals surface area contributed by atoms with E-state index in [-0.39, 0.29) is 18.1 Å². The first kappa shape index (κ1) is 19.3. The van der Waals surface area contributed by atoms with E-state index in [1.165, 1.54) is 24.3 Å². The molecule has 0 aliphatic heterocycles. The highest BCUT2D eigenvalue weighted by Crippen LogP contribution is 2.25. The van der Waals surface area contributed by atoms with Crippen molar-refractivity contribution in [3.8, 4) is 11.5 Å². The van der Waals surface area contributed by atoms with Gasteiger partial charge in [0.15, 0.2) is 11.5 Å². The topological polar surface area (TPSA) is 156 Å². The van der Waals surface area contributed by atoms with Crippen molar-refractivity contribution >= 4 is 17.7 Å². The molecule has 9 heteroatoms. The average molecular weight is 348 g/mol. The van der Waals surface area contributed by atoms with Gasteiger partial charge in [0.1, 0.15) is 6.61 Å². The van der Waals surface area contributed by atoms with Crippen LogP contribution < -0.4 is 5.73 Å². The molecule has 0 atom stereocenters. The molecule has 0 aromatic heterocycles. The van der Waals surface area contributed by atoms with Crippen LogP contribution in [0.2, 0.25) is 0 Å². The van der Waals surface area contributed by atoms with Crippen molar-refractivity contribution in [2.75, 3.05) is 5.73 Å². The van der Waals surface area contributed by atoms with Crippen LogP contribution in [0.4, 0.5) is 5.69 Å². The third-order valence-electron chi connectivity index (χ3n) is 2.80. The Balaban J connectivity index is 0.000000251. The van der Waals surface area contributed by atoms with Crippen LogP contribution in [0.15, 0.2) is 48.5 Å². The molecule has 25 heavy (non-hydrogen) atoms. The first-order chi connectivity index (χ1) is 11.8. The second-order valence-electron chi connectivity index (χ2n) is 4.62. The molecule has 5 N–H and O–H groups in total. The summed E-state index contributed by atoms with van der Waals surface area (Å²) in [7, 11) is 0. The van der Waals surface area contributed by atoms with Gasteiger partial charge in [0, 0.05) is 17.3 Å². The van der Waals surface area contributed by atoms with Crippen molar-refractivity contribution in [1.29, 1.82) is 0 Å². The van der Waals surface area contributed by atoms with E-state index >= 15 is 0 Å². The molecule has 0 amide bonds. The molecule has 2 aromatic rings. The normalized spacial score (nSPS) is 9.92. The quantitative estimate of drug-likeness (QED) is 0.210. The van der Waals surface area contributed by atoms with Gasteiger partial charge in [-0.05, 0) is 29.8 Å². The minimum absolute atomic E-state index is 0.0975. The average Bonchev–Trinajstić information content (AvgIpc) is 2.55. The molecule has 2 aromatic carbocycles. The van der Waals surface area contributed by atoms with E-state index in [1.807, 2.05) is 0 Å². The molecule has 0 saturated heterocycles. The van der Waals surface area contributed by atoms with Gasteiger partial charge >= 0.3 is 5.97 Å². The second-order valence-corrected chi connectivity index (χ2v) is 4.62. The Bertz CT molecular complexity index is 775. The van der Waals surface area contributed by atoms with E-state index < -0.39 is 11.1 Å².